The number of hydrogen-bond acceptors (Lipinski definition) is 3. The quantitative estimate of drug-likeness (QED) is 0.825. The normalized spacial score (nSPS) is 10.3. The van der Waals surface area contributed by atoms with Crippen molar-refractivity contribution in [3.8, 4) is 5.75 Å². The number of likely N-dealkylation sites (N-methyl/N-ethyl adjacent to an activating group) is 1. The summed E-state index contributed by atoms with van der Waals surface area (Å²) in [5.41, 5.74) is 2.13. The third-order valence-electron chi connectivity index (χ3n) is 3.11. The molecule has 0 aromatic heterocycles. The highest BCUT2D eigenvalue weighted by molar-refractivity contribution is 6.30. The van der Waals surface area contributed by atoms with Crippen LogP contribution in [0.15, 0.2) is 48.5 Å². The molecule has 0 bridgehead atoms. The number of nitrogens with one attached hydrogen (secondary N) is 2. The molecule has 0 heterocycles. The summed E-state index contributed by atoms with van der Waals surface area (Å²) in [6.07, 6.45) is 0. The predicted octanol–water partition coefficient (Wildman–Crippen LogP) is 2.75. The zero-order valence-corrected chi connectivity index (χ0v) is 13.2. The monoisotopic (exact) mass is 318 g/mol. The van der Waals surface area contributed by atoms with Gasteiger partial charge < -0.3 is 15.4 Å². The van der Waals surface area contributed by atoms with Gasteiger partial charge in [0, 0.05) is 18.6 Å². The first-order valence-electron chi connectivity index (χ1n) is 7.05. The fourth-order valence-electron chi connectivity index (χ4n) is 1.91. The number of amides is 1. The summed E-state index contributed by atoms with van der Waals surface area (Å²) in [5.74, 6) is 0.775. The summed E-state index contributed by atoms with van der Waals surface area (Å²) in [4.78, 5) is 11.1. The van der Waals surface area contributed by atoms with Crippen molar-refractivity contribution >= 4 is 17.5 Å². The minimum atomic E-state index is -0.0264. The van der Waals surface area contributed by atoms with Gasteiger partial charge in [-0.2, -0.15) is 0 Å². The molecule has 0 fully saturated rings. The SMILES string of the molecule is CNC(=O)CNCc1ccc(OCc2cccc(Cl)c2)cc1. The van der Waals surface area contributed by atoms with Crippen LogP contribution in [0.4, 0.5) is 0 Å². The van der Waals surface area contributed by atoms with Crippen LogP contribution >= 0.6 is 11.6 Å². The van der Waals surface area contributed by atoms with Gasteiger partial charge in [-0.1, -0.05) is 35.9 Å². The van der Waals surface area contributed by atoms with Gasteiger partial charge in [-0.25, -0.2) is 0 Å². The lowest BCUT2D eigenvalue weighted by molar-refractivity contribution is -0.119. The molecule has 0 radical (unpaired) electrons. The number of carbonyl (C=O) groups excluding carboxylic acids is 1. The molecule has 5 heteroatoms. The first-order chi connectivity index (χ1) is 10.7. The minimum absolute atomic E-state index is 0.0264. The van der Waals surface area contributed by atoms with Crippen molar-refractivity contribution in [2.75, 3.05) is 13.6 Å². The molecule has 0 aliphatic carbocycles. The van der Waals surface area contributed by atoms with Crippen LogP contribution in [0.5, 0.6) is 5.75 Å². The highest BCUT2D eigenvalue weighted by Crippen LogP contribution is 2.16. The number of halogens is 1. The largest absolute Gasteiger partial charge is 0.489 e. The van der Waals surface area contributed by atoms with Crippen molar-refractivity contribution in [2.24, 2.45) is 0 Å². The average molecular weight is 319 g/mol. The highest BCUT2D eigenvalue weighted by Gasteiger charge is 2.00. The molecule has 0 spiro atoms. The third-order valence-corrected chi connectivity index (χ3v) is 3.35. The summed E-state index contributed by atoms with van der Waals surface area (Å²) in [7, 11) is 1.62. The van der Waals surface area contributed by atoms with Gasteiger partial charge in [0.15, 0.2) is 0 Å². The Hall–Kier alpha value is -2.04. The Kier molecular flexibility index (Phi) is 6.25. The van der Waals surface area contributed by atoms with E-state index in [4.69, 9.17) is 16.3 Å². The van der Waals surface area contributed by atoms with E-state index in [2.05, 4.69) is 10.6 Å². The van der Waals surface area contributed by atoms with Crippen LogP contribution in [0.1, 0.15) is 11.1 Å². The molecule has 0 saturated carbocycles. The van der Waals surface area contributed by atoms with Crippen molar-refractivity contribution in [2.45, 2.75) is 13.2 Å². The zero-order valence-electron chi connectivity index (χ0n) is 12.4. The number of ether oxygens (including phenoxy) is 1. The summed E-state index contributed by atoms with van der Waals surface area (Å²) in [6.45, 7) is 1.43. The van der Waals surface area contributed by atoms with Gasteiger partial charge in [0.1, 0.15) is 12.4 Å². The van der Waals surface area contributed by atoms with E-state index >= 15 is 0 Å². The summed E-state index contributed by atoms with van der Waals surface area (Å²) in [5, 5.41) is 6.34. The molecule has 0 atom stereocenters. The molecule has 116 valence electrons. The van der Waals surface area contributed by atoms with Gasteiger partial charge in [-0.05, 0) is 35.4 Å². The molecule has 2 aromatic rings. The Morgan fingerprint density at radius 1 is 1.14 bits per heavy atom. The van der Waals surface area contributed by atoms with Crippen molar-refractivity contribution in [3.63, 3.8) is 0 Å². The fourth-order valence-corrected chi connectivity index (χ4v) is 2.12. The third kappa shape index (κ3) is 5.39. The lowest BCUT2D eigenvalue weighted by Crippen LogP contribution is -2.30. The second kappa shape index (κ2) is 8.41. The standard InChI is InChI=1S/C17H19ClN2O2/c1-19-17(21)11-20-10-13-5-7-16(8-6-13)22-12-14-3-2-4-15(18)9-14/h2-9,20H,10-12H2,1H3,(H,19,21). The number of rotatable bonds is 7. The fraction of sp³-hybridized carbons (Fsp3) is 0.235. The van der Waals surface area contributed by atoms with E-state index in [9.17, 15) is 4.79 Å². The molecular weight excluding hydrogens is 300 g/mol. The van der Waals surface area contributed by atoms with E-state index in [1.54, 1.807) is 7.05 Å². The lowest BCUT2D eigenvalue weighted by atomic mass is 10.2. The van der Waals surface area contributed by atoms with Crippen LogP contribution in [0, 0.1) is 0 Å². The van der Waals surface area contributed by atoms with Crippen molar-refractivity contribution in [1.82, 2.24) is 10.6 Å². The Morgan fingerprint density at radius 3 is 2.59 bits per heavy atom. The van der Waals surface area contributed by atoms with E-state index < -0.39 is 0 Å². The molecule has 0 saturated heterocycles. The van der Waals surface area contributed by atoms with Crippen LogP contribution in [0.2, 0.25) is 5.02 Å². The maximum atomic E-state index is 11.1. The summed E-state index contributed by atoms with van der Waals surface area (Å²) in [6, 6.07) is 15.4. The highest BCUT2D eigenvalue weighted by atomic mass is 35.5. The van der Waals surface area contributed by atoms with Gasteiger partial charge in [0.05, 0.1) is 6.54 Å². The maximum Gasteiger partial charge on any atom is 0.233 e. The van der Waals surface area contributed by atoms with Crippen LogP contribution in [0.3, 0.4) is 0 Å². The van der Waals surface area contributed by atoms with Gasteiger partial charge in [-0.15, -0.1) is 0 Å². The van der Waals surface area contributed by atoms with Crippen LogP contribution in [-0.4, -0.2) is 19.5 Å². The zero-order chi connectivity index (χ0) is 15.8. The molecule has 2 rings (SSSR count). The molecule has 1 amide bonds. The van der Waals surface area contributed by atoms with E-state index in [-0.39, 0.29) is 5.91 Å². The molecule has 0 aliphatic heterocycles. The van der Waals surface area contributed by atoms with Crippen molar-refractivity contribution < 1.29 is 9.53 Å². The van der Waals surface area contributed by atoms with Gasteiger partial charge in [0.25, 0.3) is 0 Å². The molecule has 2 N–H and O–H groups in total. The van der Waals surface area contributed by atoms with Crippen molar-refractivity contribution in [1.29, 1.82) is 0 Å². The molecule has 0 unspecified atom stereocenters. The predicted molar refractivity (Wildman–Crippen MR) is 88.0 cm³/mol. The first kappa shape index (κ1) is 16.3. The van der Waals surface area contributed by atoms with E-state index in [0.717, 1.165) is 16.9 Å². The van der Waals surface area contributed by atoms with E-state index in [0.29, 0.717) is 24.7 Å². The van der Waals surface area contributed by atoms with Gasteiger partial charge in [0.2, 0.25) is 5.91 Å². The molecule has 22 heavy (non-hydrogen) atoms. The Morgan fingerprint density at radius 2 is 1.91 bits per heavy atom. The van der Waals surface area contributed by atoms with Crippen LogP contribution in [-0.2, 0) is 17.9 Å². The smallest absolute Gasteiger partial charge is 0.233 e. The summed E-state index contributed by atoms with van der Waals surface area (Å²) < 4.78 is 5.72. The molecule has 0 aliphatic rings. The molecule has 2 aromatic carbocycles. The Labute approximate surface area is 135 Å². The number of hydrogen-bond donors (Lipinski definition) is 2. The second-order valence-corrected chi connectivity index (χ2v) is 5.28. The van der Waals surface area contributed by atoms with E-state index in [1.165, 1.54) is 0 Å². The van der Waals surface area contributed by atoms with Gasteiger partial charge >= 0.3 is 0 Å². The molecular formula is C17H19ClN2O2. The van der Waals surface area contributed by atoms with Crippen LogP contribution < -0.4 is 15.4 Å². The summed E-state index contributed by atoms with van der Waals surface area (Å²) >= 11 is 5.94. The Balaban J connectivity index is 1.80. The minimum Gasteiger partial charge on any atom is -0.489 e. The molecule has 4 nitrogen and oxygen atoms in total. The maximum absolute atomic E-state index is 11.1. The number of benzene rings is 2. The average Bonchev–Trinajstić information content (AvgIpc) is 2.54. The van der Waals surface area contributed by atoms with E-state index in [1.807, 2.05) is 48.5 Å². The first-order valence-corrected chi connectivity index (χ1v) is 7.42. The Bertz CT molecular complexity index is 614. The lowest BCUT2D eigenvalue weighted by Gasteiger charge is -2.08. The van der Waals surface area contributed by atoms with Crippen molar-refractivity contribution in [3.05, 3.63) is 64.7 Å². The number of carbonyl (C=O) groups is 1. The van der Waals surface area contributed by atoms with Gasteiger partial charge in [-0.3, -0.25) is 4.79 Å². The topological polar surface area (TPSA) is 50.4 Å². The second-order valence-electron chi connectivity index (χ2n) is 4.84. The van der Waals surface area contributed by atoms with Crippen LogP contribution in [0.25, 0.3) is 0 Å².